The first-order valence-corrected chi connectivity index (χ1v) is 3.50. The molecular formula is C6H15ClO2Sn. The third-order valence-electron chi connectivity index (χ3n) is 0.614. The van der Waals surface area contributed by atoms with Gasteiger partial charge in [0.1, 0.15) is 5.88 Å². The van der Waals surface area contributed by atoms with Gasteiger partial charge in [0.15, 0.2) is 0 Å². The summed E-state index contributed by atoms with van der Waals surface area (Å²) in [4.78, 5) is 9.24. The molecule has 1 N–H and O–H groups in total. The molecule has 0 aromatic carbocycles. The van der Waals surface area contributed by atoms with Crippen LogP contribution in [-0.4, -0.2) is 40.9 Å². The number of rotatable bonds is 2. The number of unbranched alkanes of at least 4 members (excludes halogenated alkanes) is 1. The Morgan fingerprint density at radius 1 is 1.40 bits per heavy atom. The van der Waals surface area contributed by atoms with Crippen LogP contribution in [0.4, 0.5) is 0 Å². The van der Waals surface area contributed by atoms with Gasteiger partial charge in [-0.2, -0.15) is 0 Å². The molecule has 0 atom stereocenters. The van der Waals surface area contributed by atoms with Crippen LogP contribution in [0.1, 0.15) is 26.7 Å². The maximum atomic E-state index is 9.24. The summed E-state index contributed by atoms with van der Waals surface area (Å²) in [6.45, 7) is 4.36. The van der Waals surface area contributed by atoms with E-state index in [4.69, 9.17) is 16.7 Å². The number of hydrogen-bond acceptors (Lipinski definition) is 1. The van der Waals surface area contributed by atoms with Crippen molar-refractivity contribution in [1.29, 1.82) is 0 Å². The van der Waals surface area contributed by atoms with Gasteiger partial charge < -0.3 is 5.11 Å². The molecule has 62 valence electrons. The van der Waals surface area contributed by atoms with Crippen LogP contribution >= 0.6 is 11.6 Å². The van der Waals surface area contributed by atoms with Crippen molar-refractivity contribution in [2.75, 3.05) is 5.88 Å². The summed E-state index contributed by atoms with van der Waals surface area (Å²) >= 11 is 4.74. The molecule has 2 nitrogen and oxygen atoms in total. The van der Waals surface area contributed by atoms with Crippen molar-refractivity contribution in [2.45, 2.75) is 26.7 Å². The molecule has 10 heavy (non-hydrogen) atoms. The van der Waals surface area contributed by atoms with Crippen molar-refractivity contribution >= 4 is 41.5 Å². The van der Waals surface area contributed by atoms with Crippen LogP contribution in [0.3, 0.4) is 0 Å². The van der Waals surface area contributed by atoms with E-state index in [2.05, 4.69) is 13.8 Å². The van der Waals surface area contributed by atoms with E-state index in [9.17, 15) is 4.79 Å². The number of carboxylic acid groups (broad SMARTS) is 1. The third-order valence-corrected chi connectivity index (χ3v) is 0.843. The molecular weight excluding hydrogens is 258 g/mol. The zero-order chi connectivity index (χ0) is 7.70. The summed E-state index contributed by atoms with van der Waals surface area (Å²) in [5.41, 5.74) is 0. The Bertz CT molecular complexity index is 66.8. The monoisotopic (exact) mass is 274 g/mol. The van der Waals surface area contributed by atoms with Gasteiger partial charge in [-0.3, -0.25) is 4.79 Å². The quantitative estimate of drug-likeness (QED) is 0.606. The molecule has 2 radical (unpaired) electrons. The van der Waals surface area contributed by atoms with Crippen molar-refractivity contribution in [1.82, 2.24) is 0 Å². The van der Waals surface area contributed by atoms with E-state index >= 15 is 0 Å². The first kappa shape index (κ1) is 16.9. The molecule has 0 saturated heterocycles. The zero-order valence-electron chi connectivity index (χ0n) is 6.56. The van der Waals surface area contributed by atoms with E-state index in [1.54, 1.807) is 0 Å². The predicted molar refractivity (Wildman–Crippen MR) is 47.5 cm³/mol. The second-order valence-corrected chi connectivity index (χ2v) is 1.79. The predicted octanol–water partition coefficient (Wildman–Crippen LogP) is 1.20. The molecule has 0 heterocycles. The molecule has 0 unspecified atom stereocenters. The first-order chi connectivity index (χ1) is 4.18. The van der Waals surface area contributed by atoms with Gasteiger partial charge in [-0.25, -0.2) is 0 Å². The summed E-state index contributed by atoms with van der Waals surface area (Å²) in [5.74, 6) is -1.29. The van der Waals surface area contributed by atoms with Gasteiger partial charge in [-0.05, 0) is 0 Å². The van der Waals surface area contributed by atoms with Gasteiger partial charge >= 0.3 is 29.9 Å². The second-order valence-electron chi connectivity index (χ2n) is 1.53. The minimum atomic E-state index is -0.980. The molecule has 0 aliphatic heterocycles. The Hall–Kier alpha value is 0.559. The molecule has 0 aromatic heterocycles. The van der Waals surface area contributed by atoms with Crippen molar-refractivity contribution in [2.24, 2.45) is 0 Å². The molecule has 0 saturated carbocycles. The SMILES string of the molecule is CCCC.O=C(O)CCl.[SnH2]. The summed E-state index contributed by atoms with van der Waals surface area (Å²) in [7, 11) is 0. The number of carboxylic acids is 1. The van der Waals surface area contributed by atoms with Crippen LogP contribution in [0.25, 0.3) is 0 Å². The summed E-state index contributed by atoms with van der Waals surface area (Å²) in [6.07, 6.45) is 2.64. The fraction of sp³-hybridized carbons (Fsp3) is 0.833. The topological polar surface area (TPSA) is 37.3 Å². The van der Waals surface area contributed by atoms with Crippen molar-refractivity contribution < 1.29 is 9.90 Å². The van der Waals surface area contributed by atoms with Gasteiger partial charge in [0, 0.05) is 0 Å². The summed E-state index contributed by atoms with van der Waals surface area (Å²) < 4.78 is 0. The molecule has 4 heteroatoms. The van der Waals surface area contributed by atoms with E-state index in [1.807, 2.05) is 0 Å². The van der Waals surface area contributed by atoms with Crippen molar-refractivity contribution in [3.8, 4) is 0 Å². The molecule has 0 aliphatic rings. The zero-order valence-corrected chi connectivity index (χ0v) is 11.4. The van der Waals surface area contributed by atoms with E-state index < -0.39 is 5.97 Å². The number of hydrogen-bond donors (Lipinski definition) is 1. The van der Waals surface area contributed by atoms with Gasteiger partial charge in [0.05, 0.1) is 0 Å². The maximum absolute atomic E-state index is 9.24. The normalized spacial score (nSPS) is 6.70. The van der Waals surface area contributed by atoms with Crippen LogP contribution < -0.4 is 0 Å². The third kappa shape index (κ3) is 38.6. The molecule has 0 rings (SSSR count). The second kappa shape index (κ2) is 16.3. The van der Waals surface area contributed by atoms with Gasteiger partial charge in [0.2, 0.25) is 0 Å². The molecule has 0 amide bonds. The number of halogens is 1. The van der Waals surface area contributed by atoms with Gasteiger partial charge in [-0.15, -0.1) is 11.6 Å². The van der Waals surface area contributed by atoms with E-state index in [0.29, 0.717) is 0 Å². The van der Waals surface area contributed by atoms with Crippen molar-refractivity contribution in [3.05, 3.63) is 0 Å². The molecule has 0 aromatic rings. The van der Waals surface area contributed by atoms with E-state index in [-0.39, 0.29) is 29.8 Å². The minimum absolute atomic E-state index is 0. The van der Waals surface area contributed by atoms with Gasteiger partial charge in [0.25, 0.3) is 0 Å². The molecule has 0 spiro atoms. The van der Waals surface area contributed by atoms with Crippen molar-refractivity contribution in [3.63, 3.8) is 0 Å². The first-order valence-electron chi connectivity index (χ1n) is 2.96. The number of aliphatic carboxylic acids is 1. The van der Waals surface area contributed by atoms with Crippen LogP contribution in [0.5, 0.6) is 0 Å². The summed E-state index contributed by atoms with van der Waals surface area (Å²) in [6, 6.07) is 0. The average Bonchev–Trinajstić information content (AvgIpc) is 1.89. The molecule has 0 bridgehead atoms. The average molecular weight is 273 g/mol. The standard InChI is InChI=1S/C4H10.C2H3ClO2.Sn.2H/c1-3-4-2;3-1-2(4)5;;;/h3-4H2,1-2H3;1H2,(H,4,5);;;. The Morgan fingerprint density at radius 2 is 1.60 bits per heavy atom. The summed E-state index contributed by atoms with van der Waals surface area (Å²) in [5, 5.41) is 7.59. The van der Waals surface area contributed by atoms with Crippen LogP contribution in [0.15, 0.2) is 0 Å². The number of carbonyl (C=O) groups is 1. The van der Waals surface area contributed by atoms with Crippen LogP contribution in [0, 0.1) is 0 Å². The van der Waals surface area contributed by atoms with E-state index in [1.165, 1.54) is 12.8 Å². The fourth-order valence-electron chi connectivity index (χ4n) is 0. The molecule has 0 fully saturated rings. The number of alkyl halides is 1. The molecule has 0 aliphatic carbocycles. The Morgan fingerprint density at radius 3 is 1.60 bits per heavy atom. The van der Waals surface area contributed by atoms with Gasteiger partial charge in [-0.1, -0.05) is 26.7 Å². The van der Waals surface area contributed by atoms with Crippen LogP contribution in [-0.2, 0) is 4.79 Å². The fourth-order valence-corrected chi connectivity index (χ4v) is 0. The Labute approximate surface area is 83.9 Å². The Kier molecular flexibility index (Phi) is 27.5. The Balaban J connectivity index is -0.0000000910. The van der Waals surface area contributed by atoms with E-state index in [0.717, 1.165) is 0 Å². The van der Waals surface area contributed by atoms with Crippen LogP contribution in [0.2, 0.25) is 0 Å².